The van der Waals surface area contributed by atoms with Gasteiger partial charge in [0, 0.05) is 49.8 Å². The van der Waals surface area contributed by atoms with Crippen LogP contribution in [0.3, 0.4) is 0 Å². The average Bonchev–Trinajstić information content (AvgIpc) is 3.27. The van der Waals surface area contributed by atoms with Crippen LogP contribution in [0.25, 0.3) is 0 Å². The maximum Gasteiger partial charge on any atom is 0.418 e. The van der Waals surface area contributed by atoms with E-state index in [2.05, 4.69) is 20.0 Å². The van der Waals surface area contributed by atoms with Crippen LogP contribution in [0.15, 0.2) is 0 Å². The van der Waals surface area contributed by atoms with Crippen molar-refractivity contribution in [1.29, 1.82) is 0 Å². The minimum Gasteiger partial charge on any atom is -0.310 e. The molecule has 3 N–H and O–H groups in total. The van der Waals surface area contributed by atoms with Crippen molar-refractivity contribution < 1.29 is 31.7 Å². The molecule has 14 heteroatoms. The monoisotopic (exact) mass is 465 g/mol. The Morgan fingerprint density at radius 1 is 1.27 bits per heavy atom. The van der Waals surface area contributed by atoms with Crippen LogP contribution in [0.2, 0.25) is 0 Å². The van der Waals surface area contributed by atoms with Gasteiger partial charge in [-0.05, 0) is 19.3 Å². The van der Waals surface area contributed by atoms with Crippen molar-refractivity contribution in [2.45, 2.75) is 43.4 Å². The van der Waals surface area contributed by atoms with Gasteiger partial charge in [0.15, 0.2) is 0 Å². The summed E-state index contributed by atoms with van der Waals surface area (Å²) in [6, 6.07) is -1.44. The summed E-state index contributed by atoms with van der Waals surface area (Å²) in [5.74, 6) is 1.87. The first-order chi connectivity index (χ1) is 14.3. The first-order valence-corrected chi connectivity index (χ1v) is 12.6. The van der Waals surface area contributed by atoms with Crippen LogP contribution in [0, 0.1) is 0 Å². The van der Waals surface area contributed by atoms with E-state index in [9.17, 15) is 18.0 Å². The van der Waals surface area contributed by atoms with Crippen molar-refractivity contribution in [2.75, 3.05) is 44.3 Å². The molecule has 0 saturated carbocycles. The van der Waals surface area contributed by atoms with E-state index in [1.165, 1.54) is 4.90 Å². The number of rotatable bonds is 7. The molecule has 4 aliphatic rings. The molecular formula is C16H27N5O7S2. The van der Waals surface area contributed by atoms with Gasteiger partial charge in [-0.15, -0.1) is 4.28 Å². The molecule has 3 amide bonds. The molecule has 0 aliphatic carbocycles. The van der Waals surface area contributed by atoms with E-state index in [0.717, 1.165) is 37.6 Å². The predicted octanol–water partition coefficient (Wildman–Crippen LogP) is -1.18. The van der Waals surface area contributed by atoms with Gasteiger partial charge in [-0.1, -0.05) is 0 Å². The lowest BCUT2D eigenvalue weighted by atomic mass is 10.0. The molecule has 2 bridgehead atoms. The highest BCUT2D eigenvalue weighted by molar-refractivity contribution is 7.99. The summed E-state index contributed by atoms with van der Waals surface area (Å²) in [7, 11) is -4.81. The second-order valence-electron chi connectivity index (χ2n) is 7.93. The second kappa shape index (κ2) is 9.14. The number of carbonyl (C=O) groups excluding carboxylic acids is 2. The third-order valence-electron chi connectivity index (χ3n) is 6.02. The van der Waals surface area contributed by atoms with Gasteiger partial charge in [-0.2, -0.15) is 25.2 Å². The quantitative estimate of drug-likeness (QED) is 0.311. The van der Waals surface area contributed by atoms with Gasteiger partial charge in [0.2, 0.25) is 0 Å². The van der Waals surface area contributed by atoms with E-state index < -0.39 is 34.4 Å². The Kier molecular flexibility index (Phi) is 6.72. The maximum absolute atomic E-state index is 12.5. The molecule has 0 aromatic heterocycles. The number of nitrogens with one attached hydrogen (secondary N) is 2. The van der Waals surface area contributed by atoms with Crippen molar-refractivity contribution >= 4 is 34.1 Å². The van der Waals surface area contributed by atoms with E-state index in [1.54, 1.807) is 0 Å². The molecule has 0 unspecified atom stereocenters. The van der Waals surface area contributed by atoms with Gasteiger partial charge in [-0.25, -0.2) is 10.3 Å². The summed E-state index contributed by atoms with van der Waals surface area (Å²) in [6.07, 6.45) is 1.67. The number of hydroxylamine groups is 3. The minimum atomic E-state index is -4.81. The maximum atomic E-state index is 12.5. The smallest absolute Gasteiger partial charge is 0.310 e. The van der Waals surface area contributed by atoms with Gasteiger partial charge >= 0.3 is 16.4 Å². The van der Waals surface area contributed by atoms with E-state index in [0.29, 0.717) is 30.6 Å². The molecule has 0 aromatic rings. The number of thioether (sulfide) groups is 1. The van der Waals surface area contributed by atoms with Crippen LogP contribution in [-0.4, -0.2) is 108 Å². The van der Waals surface area contributed by atoms with Crippen molar-refractivity contribution in [1.82, 2.24) is 25.7 Å². The zero-order valence-electron chi connectivity index (χ0n) is 16.4. The SMILES string of the molecule is O=C(NOC[C@H]1C[C@@H](N2CCSCC2)CN1)[C@@H]1CC[C@@H]2CN1C(=O)N2OS(=O)(=O)O. The summed E-state index contributed by atoms with van der Waals surface area (Å²) in [5, 5.41) is 4.04. The van der Waals surface area contributed by atoms with Gasteiger partial charge < -0.3 is 10.2 Å². The van der Waals surface area contributed by atoms with Crippen LogP contribution in [-0.2, 0) is 24.3 Å². The Morgan fingerprint density at radius 2 is 2.03 bits per heavy atom. The van der Waals surface area contributed by atoms with E-state index >= 15 is 0 Å². The Hall–Kier alpha value is -1.16. The fourth-order valence-corrected chi connectivity index (χ4v) is 5.85. The summed E-state index contributed by atoms with van der Waals surface area (Å²) < 4.78 is 35.1. The van der Waals surface area contributed by atoms with Gasteiger partial charge in [0.1, 0.15) is 6.04 Å². The molecule has 4 saturated heterocycles. The first-order valence-electron chi connectivity index (χ1n) is 10.1. The zero-order chi connectivity index (χ0) is 21.3. The van der Waals surface area contributed by atoms with Crippen molar-refractivity contribution in [2.24, 2.45) is 0 Å². The Morgan fingerprint density at radius 3 is 2.77 bits per heavy atom. The van der Waals surface area contributed by atoms with Crippen molar-refractivity contribution in [3.63, 3.8) is 0 Å². The molecule has 0 radical (unpaired) electrons. The molecule has 4 rings (SSSR count). The molecule has 4 atom stereocenters. The van der Waals surface area contributed by atoms with Crippen LogP contribution < -0.4 is 10.8 Å². The fraction of sp³-hybridized carbons (Fsp3) is 0.875. The summed E-state index contributed by atoms with van der Waals surface area (Å²) in [5.41, 5.74) is 2.42. The van der Waals surface area contributed by atoms with Gasteiger partial charge in [0.05, 0.1) is 12.6 Å². The molecule has 0 aromatic carbocycles. The average molecular weight is 466 g/mol. The normalized spacial score (nSPS) is 32.6. The summed E-state index contributed by atoms with van der Waals surface area (Å²) in [6.45, 7) is 3.58. The molecule has 12 nitrogen and oxygen atoms in total. The number of piperidine rings is 1. The Balaban J connectivity index is 1.22. The largest absolute Gasteiger partial charge is 0.418 e. The number of hydrogen-bond acceptors (Lipinski definition) is 9. The van der Waals surface area contributed by atoms with Crippen LogP contribution in [0.4, 0.5) is 4.79 Å². The number of urea groups is 1. The Labute approximate surface area is 179 Å². The highest BCUT2D eigenvalue weighted by Gasteiger charge is 2.49. The second-order valence-corrected chi connectivity index (χ2v) is 10.2. The first kappa shape index (κ1) is 22.0. The summed E-state index contributed by atoms with van der Waals surface area (Å²) in [4.78, 5) is 34.0. The molecule has 4 heterocycles. The zero-order valence-corrected chi connectivity index (χ0v) is 18.1. The van der Waals surface area contributed by atoms with Crippen molar-refractivity contribution in [3.05, 3.63) is 0 Å². The highest BCUT2D eigenvalue weighted by Crippen LogP contribution is 2.30. The lowest BCUT2D eigenvalue weighted by molar-refractivity contribution is -0.139. The standard InChI is InChI=1S/C16H27N5O7S2/c22-15(14-2-1-12-9-20(14)16(23)21(12)28-30(24,25)26)18-27-10-11-7-13(8-17-11)19-3-5-29-6-4-19/h11-14,17H,1-10H2,(H,18,22)(H,24,25,26)/t11-,12-,13-,14+/m1/s1. The fourth-order valence-electron chi connectivity index (χ4n) is 4.53. The topological polar surface area (TPSA) is 141 Å². The number of hydrogen-bond donors (Lipinski definition) is 3. The minimum absolute atomic E-state index is 0.145. The molecule has 170 valence electrons. The van der Waals surface area contributed by atoms with Crippen LogP contribution in [0.5, 0.6) is 0 Å². The van der Waals surface area contributed by atoms with Gasteiger partial charge in [-0.3, -0.25) is 19.1 Å². The van der Waals surface area contributed by atoms with E-state index in [-0.39, 0.29) is 12.6 Å². The molecule has 0 spiro atoms. The third kappa shape index (κ3) is 5.00. The third-order valence-corrected chi connectivity index (χ3v) is 7.31. The molecule has 30 heavy (non-hydrogen) atoms. The highest BCUT2D eigenvalue weighted by atomic mass is 32.3. The summed E-state index contributed by atoms with van der Waals surface area (Å²) >= 11 is 1.98. The number of carbonyl (C=O) groups is 2. The predicted molar refractivity (Wildman–Crippen MR) is 107 cm³/mol. The lowest BCUT2D eigenvalue weighted by Gasteiger charge is -2.31. The Bertz CT molecular complexity index is 763. The molecular weight excluding hydrogens is 438 g/mol. The van der Waals surface area contributed by atoms with E-state index in [4.69, 9.17) is 9.39 Å². The number of nitrogens with zero attached hydrogens (tertiary/aromatic N) is 3. The number of amides is 3. The number of fused-ring (bicyclic) bond motifs is 2. The molecule has 4 aliphatic heterocycles. The van der Waals surface area contributed by atoms with E-state index in [1.807, 2.05) is 11.8 Å². The van der Waals surface area contributed by atoms with Crippen LogP contribution >= 0.6 is 11.8 Å². The van der Waals surface area contributed by atoms with Crippen LogP contribution in [0.1, 0.15) is 19.3 Å². The molecule has 4 fully saturated rings. The van der Waals surface area contributed by atoms with Crippen molar-refractivity contribution in [3.8, 4) is 0 Å². The lowest BCUT2D eigenvalue weighted by Crippen LogP contribution is -2.50. The van der Waals surface area contributed by atoms with Gasteiger partial charge in [0.25, 0.3) is 5.91 Å².